The minimum absolute atomic E-state index is 0.147. The first kappa shape index (κ1) is 13.8. The van der Waals surface area contributed by atoms with Gasteiger partial charge in [-0.2, -0.15) is 0 Å². The molecule has 0 aromatic carbocycles. The zero-order valence-corrected chi connectivity index (χ0v) is 9.54. The predicted octanol–water partition coefficient (Wildman–Crippen LogP) is -0.274. The number of hydrogen-bond acceptors (Lipinski definition) is 4. The fourth-order valence-corrected chi connectivity index (χ4v) is 0.845. The summed E-state index contributed by atoms with van der Waals surface area (Å²) in [5.41, 5.74) is -1.90. The van der Waals surface area contributed by atoms with E-state index in [1.165, 1.54) is 0 Å². The smallest absolute Gasteiger partial charge is 0.0972 e. The molecule has 0 saturated heterocycles. The lowest BCUT2D eigenvalue weighted by Crippen LogP contribution is -2.48. The molecule has 4 N–H and O–H groups in total. The van der Waals surface area contributed by atoms with E-state index in [4.69, 9.17) is 5.11 Å². The summed E-state index contributed by atoms with van der Waals surface area (Å²) in [4.78, 5) is 0. The molecule has 2 atom stereocenters. The van der Waals surface area contributed by atoms with Crippen molar-refractivity contribution in [1.82, 2.24) is 5.32 Å². The van der Waals surface area contributed by atoms with Crippen molar-refractivity contribution in [1.29, 1.82) is 0 Å². The molecule has 86 valence electrons. The maximum Gasteiger partial charge on any atom is 0.0972 e. The average Bonchev–Trinajstić information content (AvgIpc) is 2.03. The molecule has 0 aliphatic carbocycles. The summed E-state index contributed by atoms with van der Waals surface area (Å²) in [6.45, 7) is 7.55. The molecule has 2 unspecified atom stereocenters. The second-order valence-corrected chi connectivity index (χ2v) is 4.77. The monoisotopic (exact) mass is 205 g/mol. The average molecular weight is 205 g/mol. The van der Waals surface area contributed by atoms with Crippen LogP contribution >= 0.6 is 0 Å². The van der Waals surface area contributed by atoms with E-state index >= 15 is 0 Å². The first-order chi connectivity index (χ1) is 6.21. The Hall–Kier alpha value is -0.160. The van der Waals surface area contributed by atoms with E-state index in [-0.39, 0.29) is 19.1 Å². The minimum Gasteiger partial charge on any atom is -0.393 e. The number of aliphatic hydroxyl groups excluding tert-OH is 1. The van der Waals surface area contributed by atoms with Crippen LogP contribution in [0.1, 0.15) is 27.7 Å². The summed E-state index contributed by atoms with van der Waals surface area (Å²) >= 11 is 0. The summed E-state index contributed by atoms with van der Waals surface area (Å²) in [7, 11) is 0. The van der Waals surface area contributed by atoms with Crippen LogP contribution in [0.3, 0.4) is 0 Å². The Bertz CT molecular complexity index is 167. The van der Waals surface area contributed by atoms with Crippen LogP contribution < -0.4 is 5.32 Å². The third-order valence-electron chi connectivity index (χ3n) is 2.57. The lowest BCUT2D eigenvalue weighted by Gasteiger charge is -2.30. The fourth-order valence-electron chi connectivity index (χ4n) is 0.845. The molecular weight excluding hydrogens is 182 g/mol. The van der Waals surface area contributed by atoms with Crippen molar-refractivity contribution in [2.75, 3.05) is 19.7 Å². The van der Waals surface area contributed by atoms with Gasteiger partial charge in [0.15, 0.2) is 0 Å². The van der Waals surface area contributed by atoms with Crippen LogP contribution in [0.25, 0.3) is 0 Å². The zero-order chi connectivity index (χ0) is 11.4. The lowest BCUT2D eigenvalue weighted by molar-refractivity contribution is -0.0147. The third-order valence-corrected chi connectivity index (χ3v) is 2.57. The van der Waals surface area contributed by atoms with Gasteiger partial charge in [-0.3, -0.25) is 0 Å². The highest BCUT2D eigenvalue weighted by molar-refractivity contribution is 4.82. The molecule has 0 spiro atoms. The molecule has 0 bridgehead atoms. The molecule has 0 aliphatic heterocycles. The van der Waals surface area contributed by atoms with Crippen LogP contribution in [0.4, 0.5) is 0 Å². The maximum absolute atomic E-state index is 9.85. The zero-order valence-electron chi connectivity index (χ0n) is 9.54. The largest absolute Gasteiger partial charge is 0.393 e. The Balaban J connectivity index is 3.85. The molecule has 0 fully saturated rings. The predicted molar refractivity (Wildman–Crippen MR) is 56.0 cm³/mol. The van der Waals surface area contributed by atoms with Crippen molar-refractivity contribution in [3.63, 3.8) is 0 Å². The molecule has 0 saturated carbocycles. The van der Waals surface area contributed by atoms with Crippen molar-refractivity contribution in [3.8, 4) is 0 Å². The molecule has 4 nitrogen and oxygen atoms in total. The molecule has 0 rings (SSSR count). The molecule has 4 heteroatoms. The van der Waals surface area contributed by atoms with Gasteiger partial charge in [0.25, 0.3) is 0 Å². The maximum atomic E-state index is 9.85. The van der Waals surface area contributed by atoms with E-state index < -0.39 is 11.2 Å². The SMILES string of the molecule is CC(C)C(C)(O)CNCC(C)(O)CO. The Morgan fingerprint density at radius 2 is 1.64 bits per heavy atom. The topological polar surface area (TPSA) is 72.7 Å². The number of rotatable bonds is 6. The second kappa shape index (κ2) is 5.07. The van der Waals surface area contributed by atoms with Crippen molar-refractivity contribution >= 4 is 0 Å². The van der Waals surface area contributed by atoms with Gasteiger partial charge < -0.3 is 20.6 Å². The fraction of sp³-hybridized carbons (Fsp3) is 1.00. The summed E-state index contributed by atoms with van der Waals surface area (Å²) < 4.78 is 0. The van der Waals surface area contributed by atoms with Crippen LogP contribution in [-0.2, 0) is 0 Å². The minimum atomic E-state index is -1.12. The van der Waals surface area contributed by atoms with E-state index in [0.29, 0.717) is 6.54 Å². The van der Waals surface area contributed by atoms with Crippen LogP contribution in [-0.4, -0.2) is 46.2 Å². The van der Waals surface area contributed by atoms with E-state index in [9.17, 15) is 10.2 Å². The molecule has 0 amide bonds. The van der Waals surface area contributed by atoms with Crippen molar-refractivity contribution in [2.45, 2.75) is 38.9 Å². The summed E-state index contributed by atoms with van der Waals surface area (Å²) in [5, 5.41) is 31.0. The van der Waals surface area contributed by atoms with Gasteiger partial charge in [-0.05, 0) is 19.8 Å². The molecule has 0 aromatic rings. The standard InChI is InChI=1S/C10H23NO3/c1-8(2)10(4,14)6-11-5-9(3,13)7-12/h8,11-14H,5-7H2,1-4H3. The van der Waals surface area contributed by atoms with Gasteiger partial charge in [-0.15, -0.1) is 0 Å². The first-order valence-corrected chi connectivity index (χ1v) is 4.97. The van der Waals surface area contributed by atoms with Crippen molar-refractivity contribution in [2.24, 2.45) is 5.92 Å². The van der Waals surface area contributed by atoms with E-state index in [0.717, 1.165) is 0 Å². The molecule has 0 aliphatic rings. The summed E-state index contributed by atoms with van der Waals surface area (Å²) in [6, 6.07) is 0. The quantitative estimate of drug-likeness (QED) is 0.481. The number of nitrogens with one attached hydrogen (secondary N) is 1. The van der Waals surface area contributed by atoms with Gasteiger partial charge in [0, 0.05) is 13.1 Å². The Morgan fingerprint density at radius 3 is 2.00 bits per heavy atom. The van der Waals surface area contributed by atoms with Gasteiger partial charge in [-0.1, -0.05) is 13.8 Å². The van der Waals surface area contributed by atoms with Crippen molar-refractivity contribution < 1.29 is 15.3 Å². The van der Waals surface area contributed by atoms with Crippen LogP contribution in [0, 0.1) is 5.92 Å². The third kappa shape index (κ3) is 4.91. The highest BCUT2D eigenvalue weighted by atomic mass is 16.3. The Morgan fingerprint density at radius 1 is 1.14 bits per heavy atom. The molecule has 14 heavy (non-hydrogen) atoms. The van der Waals surface area contributed by atoms with Gasteiger partial charge in [0.05, 0.1) is 17.8 Å². The van der Waals surface area contributed by atoms with Crippen LogP contribution in [0.2, 0.25) is 0 Å². The van der Waals surface area contributed by atoms with E-state index in [2.05, 4.69) is 5.32 Å². The van der Waals surface area contributed by atoms with Crippen LogP contribution in [0.15, 0.2) is 0 Å². The first-order valence-electron chi connectivity index (χ1n) is 4.97. The van der Waals surface area contributed by atoms with Crippen LogP contribution in [0.5, 0.6) is 0 Å². The lowest BCUT2D eigenvalue weighted by atomic mass is 9.92. The van der Waals surface area contributed by atoms with E-state index in [1.807, 2.05) is 13.8 Å². The van der Waals surface area contributed by atoms with Gasteiger partial charge >= 0.3 is 0 Å². The molecule has 0 aromatic heterocycles. The van der Waals surface area contributed by atoms with Crippen molar-refractivity contribution in [3.05, 3.63) is 0 Å². The Kier molecular flexibility index (Phi) is 5.01. The summed E-state index contributed by atoms with van der Waals surface area (Å²) in [5.74, 6) is 0.147. The molecular formula is C10H23NO3. The Labute approximate surface area is 86.0 Å². The van der Waals surface area contributed by atoms with Gasteiger partial charge in [-0.25, -0.2) is 0 Å². The molecule has 0 radical (unpaired) electrons. The molecule has 0 heterocycles. The number of hydrogen-bond donors (Lipinski definition) is 4. The normalized spacial score (nSPS) is 20.6. The summed E-state index contributed by atoms with van der Waals surface area (Å²) in [6.07, 6.45) is 0. The van der Waals surface area contributed by atoms with Gasteiger partial charge in [0.1, 0.15) is 0 Å². The highest BCUT2D eigenvalue weighted by Crippen LogP contribution is 2.14. The number of aliphatic hydroxyl groups is 3. The van der Waals surface area contributed by atoms with Gasteiger partial charge in [0.2, 0.25) is 0 Å². The highest BCUT2D eigenvalue weighted by Gasteiger charge is 2.26. The van der Waals surface area contributed by atoms with E-state index in [1.54, 1.807) is 13.8 Å². The second-order valence-electron chi connectivity index (χ2n) is 4.77.